The predicted octanol–water partition coefficient (Wildman–Crippen LogP) is 2.89. The van der Waals surface area contributed by atoms with Crippen LogP contribution in [0.3, 0.4) is 0 Å². The summed E-state index contributed by atoms with van der Waals surface area (Å²) in [4.78, 5) is 14.5. The van der Waals surface area contributed by atoms with E-state index in [2.05, 4.69) is 9.71 Å². The Labute approximate surface area is 130 Å². The van der Waals surface area contributed by atoms with E-state index in [0.717, 1.165) is 18.3 Å². The molecule has 0 spiro atoms. The third-order valence-corrected chi connectivity index (χ3v) is 4.40. The second kappa shape index (κ2) is 5.88. The summed E-state index contributed by atoms with van der Waals surface area (Å²) in [6.45, 7) is 0. The molecule has 0 atom stereocenters. The van der Waals surface area contributed by atoms with E-state index in [1.54, 1.807) is 0 Å². The van der Waals surface area contributed by atoms with Gasteiger partial charge in [0.2, 0.25) is 0 Å². The molecule has 0 amide bonds. The van der Waals surface area contributed by atoms with Crippen LogP contribution in [0.5, 0.6) is 0 Å². The van der Waals surface area contributed by atoms with Crippen molar-refractivity contribution in [2.75, 3.05) is 4.72 Å². The first kappa shape index (κ1) is 15.6. The SMILES string of the molecule is O=C(O)c1cc(Cl)c(NS(=O)(=O)c2cccnc2)c(Cl)c1. The molecule has 0 saturated heterocycles. The number of carboxylic acids is 1. The molecule has 1 aromatic heterocycles. The molecule has 1 aromatic carbocycles. The highest BCUT2D eigenvalue weighted by Crippen LogP contribution is 2.33. The average Bonchev–Trinajstić information content (AvgIpc) is 2.43. The number of sulfonamides is 1. The van der Waals surface area contributed by atoms with Gasteiger partial charge in [0.05, 0.1) is 21.3 Å². The standard InChI is InChI=1S/C12H8Cl2N2O4S/c13-9-4-7(12(17)18)5-10(14)11(9)16-21(19,20)8-2-1-3-15-6-8/h1-6,16H,(H,17,18). The fraction of sp³-hybridized carbons (Fsp3) is 0. The van der Waals surface area contributed by atoms with E-state index in [4.69, 9.17) is 28.3 Å². The third kappa shape index (κ3) is 3.44. The Morgan fingerprint density at radius 3 is 2.33 bits per heavy atom. The van der Waals surface area contributed by atoms with Gasteiger partial charge in [-0.2, -0.15) is 0 Å². The zero-order chi connectivity index (χ0) is 15.6. The van der Waals surface area contributed by atoms with Crippen molar-refractivity contribution in [1.82, 2.24) is 4.98 Å². The number of hydrogen-bond acceptors (Lipinski definition) is 4. The van der Waals surface area contributed by atoms with Crippen LogP contribution >= 0.6 is 23.2 Å². The summed E-state index contributed by atoms with van der Waals surface area (Å²) in [7, 11) is -3.92. The van der Waals surface area contributed by atoms with Gasteiger partial charge in [-0.05, 0) is 24.3 Å². The van der Waals surface area contributed by atoms with Gasteiger partial charge in [-0.3, -0.25) is 9.71 Å². The van der Waals surface area contributed by atoms with Gasteiger partial charge in [-0.15, -0.1) is 0 Å². The summed E-state index contributed by atoms with van der Waals surface area (Å²) < 4.78 is 26.5. The molecule has 0 aliphatic rings. The number of nitrogens with one attached hydrogen (secondary N) is 1. The topological polar surface area (TPSA) is 96.4 Å². The lowest BCUT2D eigenvalue weighted by atomic mass is 10.2. The van der Waals surface area contributed by atoms with Crippen LogP contribution in [0.15, 0.2) is 41.6 Å². The van der Waals surface area contributed by atoms with Gasteiger partial charge in [-0.1, -0.05) is 23.2 Å². The molecule has 2 N–H and O–H groups in total. The molecule has 0 fully saturated rings. The molecule has 0 unspecified atom stereocenters. The van der Waals surface area contributed by atoms with Gasteiger partial charge in [0.15, 0.2) is 0 Å². The van der Waals surface area contributed by atoms with Gasteiger partial charge in [0, 0.05) is 12.4 Å². The van der Waals surface area contributed by atoms with Crippen LogP contribution in [0.25, 0.3) is 0 Å². The average molecular weight is 347 g/mol. The number of carbonyl (C=O) groups is 1. The zero-order valence-electron chi connectivity index (χ0n) is 10.2. The molecule has 0 aliphatic carbocycles. The lowest BCUT2D eigenvalue weighted by molar-refractivity contribution is 0.0697. The minimum Gasteiger partial charge on any atom is -0.478 e. The highest BCUT2D eigenvalue weighted by molar-refractivity contribution is 7.92. The Kier molecular flexibility index (Phi) is 4.36. The number of rotatable bonds is 4. The van der Waals surface area contributed by atoms with E-state index in [1.807, 2.05) is 0 Å². The maximum Gasteiger partial charge on any atom is 0.335 e. The van der Waals surface area contributed by atoms with Crippen LogP contribution < -0.4 is 4.72 Å². The molecule has 2 aromatic rings. The van der Waals surface area contributed by atoms with E-state index in [1.165, 1.54) is 18.3 Å². The number of halogens is 2. The van der Waals surface area contributed by atoms with Crippen molar-refractivity contribution in [2.45, 2.75) is 4.90 Å². The molecule has 1 heterocycles. The molecule has 0 saturated carbocycles. The van der Waals surface area contributed by atoms with Crippen LogP contribution in [0.4, 0.5) is 5.69 Å². The molecule has 6 nitrogen and oxygen atoms in total. The smallest absolute Gasteiger partial charge is 0.335 e. The molecule has 2 rings (SSSR count). The summed E-state index contributed by atoms with van der Waals surface area (Å²) in [5.74, 6) is -1.22. The summed E-state index contributed by atoms with van der Waals surface area (Å²) >= 11 is 11.8. The minimum absolute atomic E-state index is 0.0700. The maximum absolute atomic E-state index is 12.1. The molecule has 21 heavy (non-hydrogen) atoms. The number of anilines is 1. The summed E-state index contributed by atoms with van der Waals surface area (Å²) in [6.07, 6.45) is 2.59. The van der Waals surface area contributed by atoms with E-state index < -0.39 is 16.0 Å². The normalized spacial score (nSPS) is 11.1. The van der Waals surface area contributed by atoms with Crippen LogP contribution in [0, 0.1) is 0 Å². The Morgan fingerprint density at radius 2 is 1.86 bits per heavy atom. The quantitative estimate of drug-likeness (QED) is 0.887. The van der Waals surface area contributed by atoms with Crippen LogP contribution in [-0.2, 0) is 10.0 Å². The zero-order valence-corrected chi connectivity index (χ0v) is 12.6. The lowest BCUT2D eigenvalue weighted by Crippen LogP contribution is -2.14. The number of aromatic nitrogens is 1. The Balaban J connectivity index is 2.43. The van der Waals surface area contributed by atoms with E-state index >= 15 is 0 Å². The first-order chi connectivity index (χ1) is 9.81. The number of pyridine rings is 1. The van der Waals surface area contributed by atoms with Crippen LogP contribution in [0.2, 0.25) is 10.0 Å². The first-order valence-electron chi connectivity index (χ1n) is 5.46. The molecule has 110 valence electrons. The molecule has 0 radical (unpaired) electrons. The highest BCUT2D eigenvalue weighted by Gasteiger charge is 2.19. The second-order valence-electron chi connectivity index (χ2n) is 3.91. The molecule has 0 bridgehead atoms. The van der Waals surface area contributed by atoms with Crippen molar-refractivity contribution in [1.29, 1.82) is 0 Å². The highest BCUT2D eigenvalue weighted by atomic mass is 35.5. The maximum atomic E-state index is 12.1. The van der Waals surface area contributed by atoms with E-state index in [0.29, 0.717) is 0 Å². The summed E-state index contributed by atoms with van der Waals surface area (Å²) in [6, 6.07) is 5.03. The fourth-order valence-electron chi connectivity index (χ4n) is 1.49. The third-order valence-electron chi connectivity index (χ3n) is 2.47. The number of nitrogens with zero attached hydrogens (tertiary/aromatic N) is 1. The van der Waals surface area contributed by atoms with Crippen molar-refractivity contribution in [2.24, 2.45) is 0 Å². The fourth-order valence-corrected chi connectivity index (χ4v) is 3.25. The van der Waals surface area contributed by atoms with Crippen LogP contribution in [-0.4, -0.2) is 24.5 Å². The number of aromatic carboxylic acids is 1. The minimum atomic E-state index is -3.92. The van der Waals surface area contributed by atoms with Crippen molar-refractivity contribution in [3.05, 3.63) is 52.3 Å². The Bertz CT molecular complexity index is 771. The van der Waals surface area contributed by atoms with Crippen LogP contribution in [0.1, 0.15) is 10.4 Å². The number of carboxylic acid groups (broad SMARTS) is 1. The molecular formula is C12H8Cl2N2O4S. The van der Waals surface area contributed by atoms with E-state index in [-0.39, 0.29) is 26.2 Å². The summed E-state index contributed by atoms with van der Waals surface area (Å²) in [5.41, 5.74) is -0.235. The summed E-state index contributed by atoms with van der Waals surface area (Å²) in [5, 5.41) is 8.63. The Morgan fingerprint density at radius 1 is 1.24 bits per heavy atom. The van der Waals surface area contributed by atoms with Crippen molar-refractivity contribution in [3.63, 3.8) is 0 Å². The monoisotopic (exact) mass is 346 g/mol. The Hall–Kier alpha value is -1.83. The van der Waals surface area contributed by atoms with Crippen molar-refractivity contribution < 1.29 is 18.3 Å². The number of benzene rings is 1. The lowest BCUT2D eigenvalue weighted by Gasteiger charge is -2.11. The van der Waals surface area contributed by atoms with Gasteiger partial charge in [0.1, 0.15) is 4.90 Å². The second-order valence-corrected chi connectivity index (χ2v) is 6.41. The van der Waals surface area contributed by atoms with Gasteiger partial charge in [0.25, 0.3) is 10.0 Å². The largest absolute Gasteiger partial charge is 0.478 e. The van der Waals surface area contributed by atoms with Gasteiger partial charge < -0.3 is 5.11 Å². The van der Waals surface area contributed by atoms with Crippen molar-refractivity contribution in [3.8, 4) is 0 Å². The molecule has 9 heteroatoms. The predicted molar refractivity (Wildman–Crippen MR) is 78.5 cm³/mol. The first-order valence-corrected chi connectivity index (χ1v) is 7.70. The van der Waals surface area contributed by atoms with Gasteiger partial charge >= 0.3 is 5.97 Å². The van der Waals surface area contributed by atoms with Gasteiger partial charge in [-0.25, -0.2) is 13.2 Å². The number of hydrogen-bond donors (Lipinski definition) is 2. The van der Waals surface area contributed by atoms with E-state index in [9.17, 15) is 13.2 Å². The molecule has 0 aliphatic heterocycles. The molecular weight excluding hydrogens is 339 g/mol. The van der Waals surface area contributed by atoms with Crippen molar-refractivity contribution >= 4 is 44.9 Å².